The van der Waals surface area contributed by atoms with Crippen LogP contribution < -0.4 is 45.0 Å². The van der Waals surface area contributed by atoms with Gasteiger partial charge in [-0.15, -0.1) is 0 Å². The number of rotatable bonds is 24. The van der Waals surface area contributed by atoms with Crippen molar-refractivity contribution >= 4 is 136 Å². The zero-order valence-electron chi connectivity index (χ0n) is 46.7. The van der Waals surface area contributed by atoms with Gasteiger partial charge in [0.05, 0.1) is 38.5 Å². The maximum atomic E-state index is 14.6. The van der Waals surface area contributed by atoms with Crippen LogP contribution in [0.2, 0.25) is 0 Å². The highest BCUT2D eigenvalue weighted by Crippen LogP contribution is 2.38. The van der Waals surface area contributed by atoms with Crippen molar-refractivity contribution in [3.63, 3.8) is 0 Å². The van der Waals surface area contributed by atoms with Gasteiger partial charge in [-0.2, -0.15) is 0 Å². The quantitative estimate of drug-likeness (QED) is 0.0208. The Hall–Kier alpha value is -13.2. The summed E-state index contributed by atoms with van der Waals surface area (Å²) in [6, 6.07) is 29.2. The largest absolute Gasteiger partial charge is 0.481 e. The highest BCUT2D eigenvalue weighted by atomic mass is 16.6. The number of pyridine rings is 4. The molecule has 10 aromatic rings. The number of carboxylic acids is 5. The van der Waals surface area contributed by atoms with E-state index in [0.29, 0.717) is 16.3 Å². The van der Waals surface area contributed by atoms with E-state index in [1.54, 1.807) is 37.3 Å². The molecule has 0 unspecified atom stereocenters. The molecule has 30 heteroatoms. The van der Waals surface area contributed by atoms with Crippen LogP contribution in [0.1, 0.15) is 47.5 Å². The summed E-state index contributed by atoms with van der Waals surface area (Å²) in [5.74, 6) is -11.3. The summed E-state index contributed by atoms with van der Waals surface area (Å²) in [5, 5.41) is 71.3. The Kier molecular flexibility index (Phi) is 17.3. The van der Waals surface area contributed by atoms with Crippen LogP contribution in [-0.2, 0) is 24.0 Å². The number of aliphatic carboxylic acids is 5. The predicted molar refractivity (Wildman–Crippen MR) is 320 cm³/mol. The standard InChI is InChI=1S/C61H43N9O21/c1-28-17-34-29(44(18-28)87-23-49(71)72)7-2-12-35(34)66-58(81)39-19-45(88-24-50(73)74)30-8-3-13-36(54(30)62-39)67-59(82)40-20-46(89-25-51(75)76)31-9-4-14-37(55(31)63-40)68-60(83)41-21-47(90-26-52(77)78)32-10-5-15-38(56(32)64-41)69-61(84)42-22-48(91-27-53(79)80)33-11-6-16-43(70(85)86)57(33)65-42/h2-22H,23-27H2,1H3,(H,66,81)(H,67,82)(H,68,83)(H,69,84)(H,71,72)(H,73,74)(H,75,76)(H,77,78)(H,79,80). The van der Waals surface area contributed by atoms with E-state index < -0.39 is 114 Å². The van der Waals surface area contributed by atoms with Gasteiger partial charge in [-0.05, 0) is 73.2 Å². The average Bonchev–Trinajstić information content (AvgIpc) is 0.821. The third-order valence-electron chi connectivity index (χ3n) is 13.2. The Bertz CT molecular complexity index is 4770. The molecule has 9 N–H and O–H groups in total. The molecule has 4 aromatic heterocycles. The fraction of sp³-hybridized carbons (Fsp3) is 0.0984. The number of benzene rings is 6. The van der Waals surface area contributed by atoms with Crippen molar-refractivity contribution in [3.05, 3.63) is 166 Å². The number of non-ortho nitro benzene ring substituents is 1. The Labute approximate surface area is 507 Å². The molecule has 0 aliphatic rings. The summed E-state index contributed by atoms with van der Waals surface area (Å²) in [6.45, 7) is -2.53. The van der Waals surface area contributed by atoms with Crippen molar-refractivity contribution in [1.29, 1.82) is 0 Å². The van der Waals surface area contributed by atoms with Crippen LogP contribution in [0.3, 0.4) is 0 Å². The molecule has 0 aliphatic heterocycles. The van der Waals surface area contributed by atoms with Gasteiger partial charge in [-0.1, -0.05) is 36.4 Å². The third kappa shape index (κ3) is 13.6. The lowest BCUT2D eigenvalue weighted by atomic mass is 10.0. The van der Waals surface area contributed by atoms with Crippen LogP contribution in [0.5, 0.6) is 28.7 Å². The van der Waals surface area contributed by atoms with Crippen molar-refractivity contribution in [2.45, 2.75) is 6.92 Å². The van der Waals surface area contributed by atoms with Gasteiger partial charge in [0.2, 0.25) is 0 Å². The molecule has 0 fully saturated rings. The van der Waals surface area contributed by atoms with Crippen LogP contribution in [0.4, 0.5) is 28.4 Å². The van der Waals surface area contributed by atoms with Crippen LogP contribution in [0.25, 0.3) is 54.4 Å². The van der Waals surface area contributed by atoms with Crippen molar-refractivity contribution in [2.75, 3.05) is 54.3 Å². The maximum absolute atomic E-state index is 14.6. The highest BCUT2D eigenvalue weighted by molar-refractivity contribution is 6.16. The van der Waals surface area contributed by atoms with Gasteiger partial charge in [-0.25, -0.2) is 43.9 Å². The van der Waals surface area contributed by atoms with E-state index in [9.17, 15) is 78.8 Å². The fourth-order valence-corrected chi connectivity index (χ4v) is 9.41. The fourth-order valence-electron chi connectivity index (χ4n) is 9.41. The number of aromatic nitrogens is 4. The second-order valence-electron chi connectivity index (χ2n) is 19.5. The molecule has 0 aliphatic carbocycles. The first-order valence-electron chi connectivity index (χ1n) is 26.5. The number of amides is 4. The van der Waals surface area contributed by atoms with Crippen LogP contribution in [0.15, 0.2) is 127 Å². The topological polar surface area (TPSA) is 444 Å². The first kappa shape index (κ1) is 61.0. The minimum atomic E-state index is -1.42. The number of hydrogen-bond acceptors (Lipinski definition) is 20. The van der Waals surface area contributed by atoms with Crippen molar-refractivity contribution in [3.8, 4) is 28.7 Å². The second-order valence-corrected chi connectivity index (χ2v) is 19.5. The van der Waals surface area contributed by atoms with Gasteiger partial charge in [0.1, 0.15) is 51.5 Å². The molecule has 0 saturated heterocycles. The first-order valence-corrected chi connectivity index (χ1v) is 26.5. The summed E-state index contributed by atoms with van der Waals surface area (Å²) in [4.78, 5) is 145. The molecule has 4 amide bonds. The number of ether oxygens (including phenoxy) is 5. The number of nitro groups is 1. The number of carbonyl (C=O) groups excluding carboxylic acids is 4. The lowest BCUT2D eigenvalue weighted by molar-refractivity contribution is -0.383. The normalized spacial score (nSPS) is 11.0. The van der Waals surface area contributed by atoms with E-state index in [-0.39, 0.29) is 101 Å². The predicted octanol–water partition coefficient (Wildman–Crippen LogP) is 7.58. The molecular weight excluding hydrogens is 1190 g/mol. The van der Waals surface area contributed by atoms with Crippen molar-refractivity contribution in [1.82, 2.24) is 19.9 Å². The summed E-state index contributed by atoms with van der Waals surface area (Å²) < 4.78 is 27.8. The number of hydrogen-bond donors (Lipinski definition) is 9. The molecule has 4 heterocycles. The second kappa shape index (κ2) is 25.8. The van der Waals surface area contributed by atoms with Gasteiger partial charge < -0.3 is 70.5 Å². The summed E-state index contributed by atoms with van der Waals surface area (Å²) >= 11 is 0. The molecule has 0 atom stereocenters. The third-order valence-corrected chi connectivity index (χ3v) is 13.2. The summed E-state index contributed by atoms with van der Waals surface area (Å²) in [5.41, 5.74) is -2.49. The lowest BCUT2D eigenvalue weighted by Gasteiger charge is -2.16. The van der Waals surface area contributed by atoms with Crippen LogP contribution >= 0.6 is 0 Å². The average molecular weight is 1240 g/mol. The van der Waals surface area contributed by atoms with Crippen LogP contribution in [-0.4, -0.2) is 137 Å². The molecule has 6 aromatic carbocycles. The number of anilines is 4. The van der Waals surface area contributed by atoms with Gasteiger partial charge >= 0.3 is 29.8 Å². The van der Waals surface area contributed by atoms with E-state index in [0.717, 1.165) is 24.3 Å². The zero-order valence-corrected chi connectivity index (χ0v) is 46.7. The van der Waals surface area contributed by atoms with E-state index in [2.05, 4.69) is 41.2 Å². The number of nitro benzene ring substituents is 1. The van der Waals surface area contributed by atoms with E-state index >= 15 is 0 Å². The number of fused-ring (bicyclic) bond motifs is 5. The lowest BCUT2D eigenvalue weighted by Crippen LogP contribution is -2.19. The maximum Gasteiger partial charge on any atom is 0.341 e. The molecule has 458 valence electrons. The Morgan fingerprint density at radius 1 is 0.374 bits per heavy atom. The first-order chi connectivity index (χ1) is 43.6. The van der Waals surface area contributed by atoms with Crippen molar-refractivity contribution < 1.29 is 97.3 Å². The Morgan fingerprint density at radius 3 is 0.978 bits per heavy atom. The summed E-state index contributed by atoms with van der Waals surface area (Å²) in [7, 11) is 0. The molecule has 91 heavy (non-hydrogen) atoms. The Balaban J connectivity index is 0.997. The number of nitrogens with one attached hydrogen (secondary N) is 4. The smallest absolute Gasteiger partial charge is 0.341 e. The zero-order chi connectivity index (χ0) is 64.8. The van der Waals surface area contributed by atoms with Gasteiger partial charge in [-0.3, -0.25) is 29.3 Å². The van der Waals surface area contributed by atoms with E-state index in [1.807, 2.05) is 0 Å². The highest BCUT2D eigenvalue weighted by Gasteiger charge is 2.26. The molecule has 0 saturated carbocycles. The number of nitrogens with zero attached hydrogens (tertiary/aromatic N) is 5. The molecule has 0 spiro atoms. The number of carboxylic acid groups (broad SMARTS) is 5. The van der Waals surface area contributed by atoms with E-state index in [1.165, 1.54) is 72.8 Å². The van der Waals surface area contributed by atoms with Gasteiger partial charge in [0.25, 0.3) is 29.3 Å². The monoisotopic (exact) mass is 1240 g/mol. The van der Waals surface area contributed by atoms with E-state index in [4.69, 9.17) is 23.7 Å². The van der Waals surface area contributed by atoms with Crippen molar-refractivity contribution in [2.24, 2.45) is 0 Å². The minimum absolute atomic E-state index is 0.0129. The molecular formula is C61H43N9O21. The molecule has 0 bridgehead atoms. The SMILES string of the molecule is Cc1cc(OCC(=O)O)c2cccc(NC(=O)c3cc(OCC(=O)O)c4cccc(NC(=O)c5cc(OCC(=O)O)c6cccc(NC(=O)c7cc(OCC(=O)O)c8cccc(NC(=O)c9cc(OCC(=O)O)c%10cccc([N+](=O)[O-])c%10n9)c8n7)c6n5)c4n3)c2c1. The van der Waals surface area contributed by atoms with Gasteiger partial charge in [0, 0.05) is 68.3 Å². The number of carbonyl (C=O) groups is 9. The molecule has 0 radical (unpaired) electrons. The Morgan fingerprint density at radius 2 is 0.648 bits per heavy atom. The molecule has 10 rings (SSSR count). The molecule has 30 nitrogen and oxygen atoms in total. The number of aryl methyl sites for hydroxylation is 1. The number of para-hydroxylation sites is 4. The summed E-state index contributed by atoms with van der Waals surface area (Å²) in [6.07, 6.45) is 0. The van der Waals surface area contributed by atoms with Gasteiger partial charge in [0.15, 0.2) is 38.6 Å². The minimum Gasteiger partial charge on any atom is -0.481 e. The van der Waals surface area contributed by atoms with Crippen LogP contribution in [0, 0.1) is 17.0 Å².